The van der Waals surface area contributed by atoms with Crippen LogP contribution < -0.4 is 0 Å². The van der Waals surface area contributed by atoms with E-state index < -0.39 is 59.7 Å². The Hall–Kier alpha value is -6.60. The molecule has 220 valence electrons. The van der Waals surface area contributed by atoms with Gasteiger partial charge >= 0.3 is 59.7 Å². The molecule has 0 bridgehead atoms. The van der Waals surface area contributed by atoms with Crippen molar-refractivity contribution < 1.29 is 99.0 Å². The highest BCUT2D eigenvalue weighted by Gasteiger charge is 1.90. The number of hydrogen-bond acceptors (Lipinski definition) is 10. The van der Waals surface area contributed by atoms with E-state index in [4.69, 9.17) is 51.1 Å². The van der Waals surface area contributed by atoms with Crippen LogP contribution in [0.5, 0.6) is 0 Å². The van der Waals surface area contributed by atoms with Crippen molar-refractivity contribution in [3.05, 3.63) is 60.8 Å². The third kappa shape index (κ3) is 85.7. The van der Waals surface area contributed by atoms with Crippen molar-refractivity contribution in [1.82, 2.24) is 0 Å². The van der Waals surface area contributed by atoms with Gasteiger partial charge in [-0.2, -0.15) is 0 Å². The second kappa shape index (κ2) is 28.6. The van der Waals surface area contributed by atoms with E-state index in [-0.39, 0.29) is 0 Å². The van der Waals surface area contributed by atoms with Crippen LogP contribution in [-0.4, -0.2) is 111 Å². The Kier molecular flexibility index (Phi) is 31.1. The number of rotatable bonds is 10. The smallest absolute Gasteiger partial charge is 0.328 e. The zero-order valence-electron chi connectivity index (χ0n) is 19.3. The van der Waals surface area contributed by atoms with Crippen LogP contribution >= 0.6 is 0 Å². The largest absolute Gasteiger partial charge is 0.478 e. The zero-order valence-corrected chi connectivity index (χ0v) is 19.3. The Bertz CT molecular complexity index is 792. The van der Waals surface area contributed by atoms with Gasteiger partial charge in [-0.1, -0.05) is 0 Å². The highest BCUT2D eigenvalue weighted by Crippen LogP contribution is 1.73. The second-order valence-corrected chi connectivity index (χ2v) is 5.05. The average molecular weight is 580 g/mol. The summed E-state index contributed by atoms with van der Waals surface area (Å²) in [6, 6.07) is 0. The first-order chi connectivity index (χ1) is 18.1. The number of carboxylic acids is 10. The van der Waals surface area contributed by atoms with E-state index in [1.54, 1.807) is 0 Å². The molecule has 20 nitrogen and oxygen atoms in total. The Balaban J connectivity index is -0.000000128. The van der Waals surface area contributed by atoms with Gasteiger partial charge in [0.1, 0.15) is 0 Å². The molecule has 0 unspecified atom stereocenters. The van der Waals surface area contributed by atoms with Gasteiger partial charge in [0, 0.05) is 60.8 Å². The quantitative estimate of drug-likeness (QED) is 0.132. The average Bonchev–Trinajstić information content (AvgIpc) is 2.79. The fourth-order valence-electron chi connectivity index (χ4n) is 0.713. The lowest BCUT2D eigenvalue weighted by Gasteiger charge is -1.74. The van der Waals surface area contributed by atoms with Crippen molar-refractivity contribution in [1.29, 1.82) is 0 Å². The maximum atomic E-state index is 9.55. The Morgan fingerprint density at radius 2 is 0.250 bits per heavy atom. The van der Waals surface area contributed by atoms with Crippen LogP contribution in [0.2, 0.25) is 0 Å². The molecule has 40 heavy (non-hydrogen) atoms. The summed E-state index contributed by atoms with van der Waals surface area (Å²) < 4.78 is 0. The van der Waals surface area contributed by atoms with E-state index in [0.29, 0.717) is 60.8 Å². The highest BCUT2D eigenvalue weighted by molar-refractivity contribution is 5.91. The van der Waals surface area contributed by atoms with Gasteiger partial charge in [-0.05, 0) is 0 Å². The van der Waals surface area contributed by atoms with Gasteiger partial charge in [-0.3, -0.25) is 0 Å². The Morgan fingerprint density at radius 1 is 0.200 bits per heavy atom. The molecule has 0 aromatic carbocycles. The molecule has 0 amide bonds. The highest BCUT2D eigenvalue weighted by atomic mass is 16.4. The topological polar surface area (TPSA) is 373 Å². The van der Waals surface area contributed by atoms with E-state index in [9.17, 15) is 47.9 Å². The monoisotopic (exact) mass is 580 g/mol. The summed E-state index contributed by atoms with van der Waals surface area (Å²) in [6.45, 7) is 0. The fourth-order valence-corrected chi connectivity index (χ4v) is 0.713. The summed E-state index contributed by atoms with van der Waals surface area (Å²) in [5.74, 6) is -12.6. The van der Waals surface area contributed by atoms with Crippen LogP contribution in [-0.2, 0) is 47.9 Å². The number of carbonyl (C=O) groups is 10. The Labute approximate surface area is 220 Å². The molecule has 20 heteroatoms. The van der Waals surface area contributed by atoms with Gasteiger partial charge < -0.3 is 51.1 Å². The van der Waals surface area contributed by atoms with Gasteiger partial charge in [0.05, 0.1) is 0 Å². The third-order valence-electron chi connectivity index (χ3n) is 1.84. The summed E-state index contributed by atoms with van der Waals surface area (Å²) in [6.07, 6.45) is 5.58. The number of hydrogen-bond donors (Lipinski definition) is 10. The molecule has 0 atom stereocenters. The standard InChI is InChI=1S/5C4H4O4/c5*5-3(6)1-2-4(7)8/h5*1-2H,(H,5,6)(H,7,8)/b5*2-1+. The number of aliphatic carboxylic acids is 10. The summed E-state index contributed by atoms with van der Waals surface area (Å²) >= 11 is 0. The predicted octanol–water partition coefficient (Wildman–Crippen LogP) is -1.44. The lowest BCUT2D eigenvalue weighted by Crippen LogP contribution is -1.91. The minimum absolute atomic E-state index is 0.558. The zero-order chi connectivity index (χ0) is 32.8. The Morgan fingerprint density at radius 3 is 0.275 bits per heavy atom. The van der Waals surface area contributed by atoms with Gasteiger partial charge in [0.25, 0.3) is 0 Å². The van der Waals surface area contributed by atoms with Crippen LogP contribution in [0.1, 0.15) is 0 Å². The maximum Gasteiger partial charge on any atom is 0.328 e. The van der Waals surface area contributed by atoms with E-state index in [1.807, 2.05) is 0 Å². The van der Waals surface area contributed by atoms with Gasteiger partial charge in [0.15, 0.2) is 0 Å². The first-order valence-electron chi connectivity index (χ1n) is 8.83. The molecule has 0 aromatic rings. The molecule has 0 fully saturated rings. The molecule has 0 spiro atoms. The van der Waals surface area contributed by atoms with Crippen LogP contribution in [0.3, 0.4) is 0 Å². The summed E-state index contributed by atoms with van der Waals surface area (Å²) in [4.78, 5) is 95.5. The molecular weight excluding hydrogens is 560 g/mol. The summed E-state index contributed by atoms with van der Waals surface area (Å²) in [5, 5.41) is 78.1. The maximum absolute atomic E-state index is 9.55. The van der Waals surface area contributed by atoms with E-state index in [0.717, 1.165) is 0 Å². The molecular formula is C20H20O20. The summed E-state index contributed by atoms with van der Waals surface area (Å²) in [5.41, 5.74) is 0. The minimum Gasteiger partial charge on any atom is -0.478 e. The molecule has 0 aromatic heterocycles. The van der Waals surface area contributed by atoms with Crippen molar-refractivity contribution in [2.75, 3.05) is 0 Å². The van der Waals surface area contributed by atoms with E-state index in [1.165, 1.54) is 0 Å². The molecule has 0 aliphatic heterocycles. The summed E-state index contributed by atoms with van der Waals surface area (Å²) in [7, 11) is 0. The van der Waals surface area contributed by atoms with Crippen molar-refractivity contribution in [2.45, 2.75) is 0 Å². The molecule has 0 radical (unpaired) electrons. The first kappa shape index (κ1) is 43.5. The molecule has 0 saturated carbocycles. The molecule has 0 saturated heterocycles. The van der Waals surface area contributed by atoms with Crippen LogP contribution in [0, 0.1) is 0 Å². The van der Waals surface area contributed by atoms with Crippen LogP contribution in [0.25, 0.3) is 0 Å². The predicted molar refractivity (Wildman–Crippen MR) is 122 cm³/mol. The van der Waals surface area contributed by atoms with Gasteiger partial charge in [-0.25, -0.2) is 47.9 Å². The van der Waals surface area contributed by atoms with Crippen LogP contribution in [0.4, 0.5) is 0 Å². The van der Waals surface area contributed by atoms with Crippen molar-refractivity contribution in [2.24, 2.45) is 0 Å². The van der Waals surface area contributed by atoms with Gasteiger partial charge in [-0.15, -0.1) is 0 Å². The molecule has 0 heterocycles. The lowest BCUT2D eigenvalue weighted by molar-refractivity contribution is -0.134. The molecule has 0 aliphatic carbocycles. The molecule has 10 N–H and O–H groups in total. The van der Waals surface area contributed by atoms with Gasteiger partial charge in [0.2, 0.25) is 0 Å². The lowest BCUT2D eigenvalue weighted by atomic mass is 10.5. The van der Waals surface area contributed by atoms with E-state index in [2.05, 4.69) is 0 Å². The first-order valence-corrected chi connectivity index (χ1v) is 8.83. The normalized spacial score (nSPS) is 9.50. The third-order valence-corrected chi connectivity index (χ3v) is 1.84. The van der Waals surface area contributed by atoms with Crippen molar-refractivity contribution in [3.63, 3.8) is 0 Å². The van der Waals surface area contributed by atoms with Crippen molar-refractivity contribution in [3.8, 4) is 0 Å². The molecule has 0 rings (SSSR count). The van der Waals surface area contributed by atoms with Crippen LogP contribution in [0.15, 0.2) is 60.8 Å². The minimum atomic E-state index is -1.26. The van der Waals surface area contributed by atoms with E-state index >= 15 is 0 Å². The SMILES string of the molecule is O=C(O)/C=C/C(=O)O.O=C(O)/C=C/C(=O)O.O=C(O)/C=C/C(=O)O.O=C(O)/C=C/C(=O)O.O=C(O)/C=C/C(=O)O. The van der Waals surface area contributed by atoms with Crippen molar-refractivity contribution >= 4 is 59.7 Å². The number of carboxylic acid groups (broad SMARTS) is 10. The fraction of sp³-hybridized carbons (Fsp3) is 0. The second-order valence-electron chi connectivity index (χ2n) is 5.05. The molecule has 0 aliphatic rings.